The number of nitrogens with one attached hydrogen (secondary N) is 1. The van der Waals surface area contributed by atoms with Gasteiger partial charge in [-0.25, -0.2) is 9.97 Å². The second-order valence-corrected chi connectivity index (χ2v) is 6.41. The van der Waals surface area contributed by atoms with Crippen molar-refractivity contribution in [1.82, 2.24) is 20.2 Å². The van der Waals surface area contributed by atoms with Gasteiger partial charge in [-0.15, -0.1) is 0 Å². The Kier molecular flexibility index (Phi) is 5.66. The highest BCUT2D eigenvalue weighted by molar-refractivity contribution is 5.87. The van der Waals surface area contributed by atoms with Crippen molar-refractivity contribution in [2.45, 2.75) is 32.5 Å². The fourth-order valence-electron chi connectivity index (χ4n) is 3.01. The molecule has 0 spiro atoms. The molecular weight excluding hydrogens is 348 g/mol. The summed E-state index contributed by atoms with van der Waals surface area (Å²) in [5.41, 5.74) is 2.73. The maximum Gasteiger partial charge on any atom is 0.248 e. The molecule has 1 aliphatic heterocycles. The number of fused-ring (bicyclic) bond motifs is 1. The monoisotopic (exact) mass is 370 g/mol. The number of aromatic nitrogens is 2. The second-order valence-electron chi connectivity index (χ2n) is 6.41. The Bertz CT molecular complexity index is 838. The van der Waals surface area contributed by atoms with E-state index in [4.69, 9.17) is 4.74 Å². The first-order valence-electron chi connectivity index (χ1n) is 8.63. The van der Waals surface area contributed by atoms with Gasteiger partial charge in [0, 0.05) is 31.6 Å². The number of rotatable bonds is 6. The third-order valence-electron chi connectivity index (χ3n) is 4.40. The molecular formula is C19H22N4O4. The van der Waals surface area contributed by atoms with Crippen LogP contribution in [0.25, 0.3) is 0 Å². The van der Waals surface area contributed by atoms with Crippen molar-refractivity contribution in [3.8, 4) is 5.75 Å². The zero-order chi connectivity index (χ0) is 19.4. The van der Waals surface area contributed by atoms with Crippen LogP contribution in [0.1, 0.15) is 29.6 Å². The lowest BCUT2D eigenvalue weighted by Crippen LogP contribution is -2.48. The summed E-state index contributed by atoms with van der Waals surface area (Å²) in [7, 11) is 1.62. The van der Waals surface area contributed by atoms with E-state index in [1.807, 2.05) is 24.3 Å². The van der Waals surface area contributed by atoms with E-state index in [0.29, 0.717) is 25.3 Å². The summed E-state index contributed by atoms with van der Waals surface area (Å²) in [5, 5.41) is 11.8. The molecule has 2 amide bonds. The fraction of sp³-hybridized carbons (Fsp3) is 0.368. The van der Waals surface area contributed by atoms with Crippen molar-refractivity contribution in [3.05, 3.63) is 53.1 Å². The summed E-state index contributed by atoms with van der Waals surface area (Å²) in [6.07, 6.45) is 2.32. The number of carbonyl (C=O) groups is 2. The van der Waals surface area contributed by atoms with Gasteiger partial charge in [0.05, 0.1) is 26.0 Å². The largest absolute Gasteiger partial charge is 0.497 e. The number of hydrogen-bond acceptors (Lipinski definition) is 6. The molecule has 0 saturated heterocycles. The maximum absolute atomic E-state index is 12.5. The molecule has 8 heteroatoms. The van der Waals surface area contributed by atoms with Gasteiger partial charge >= 0.3 is 0 Å². The van der Waals surface area contributed by atoms with E-state index >= 15 is 0 Å². The summed E-state index contributed by atoms with van der Waals surface area (Å²) in [5.74, 6) is 0.775. The molecule has 0 fully saturated rings. The van der Waals surface area contributed by atoms with Crippen molar-refractivity contribution >= 4 is 11.8 Å². The van der Waals surface area contributed by atoms with Crippen LogP contribution < -0.4 is 10.1 Å². The number of aliphatic hydroxyl groups excluding tert-OH is 1. The Morgan fingerprint density at radius 3 is 2.67 bits per heavy atom. The number of aliphatic hydroxyl groups is 1. The minimum Gasteiger partial charge on any atom is -0.497 e. The first-order valence-corrected chi connectivity index (χ1v) is 8.63. The van der Waals surface area contributed by atoms with Crippen LogP contribution in [-0.2, 0) is 29.1 Å². The van der Waals surface area contributed by atoms with E-state index in [9.17, 15) is 14.7 Å². The van der Waals surface area contributed by atoms with E-state index < -0.39 is 12.6 Å². The van der Waals surface area contributed by atoms with Gasteiger partial charge in [0.15, 0.2) is 0 Å². The van der Waals surface area contributed by atoms with Crippen LogP contribution in [0, 0.1) is 0 Å². The third-order valence-corrected chi connectivity index (χ3v) is 4.40. The molecule has 0 aliphatic carbocycles. The molecule has 8 nitrogen and oxygen atoms in total. The van der Waals surface area contributed by atoms with Gasteiger partial charge in [0.25, 0.3) is 0 Å². The predicted octanol–water partition coefficient (Wildman–Crippen LogP) is 0.415. The maximum atomic E-state index is 12.5. The average molecular weight is 370 g/mol. The van der Waals surface area contributed by atoms with Gasteiger partial charge in [-0.2, -0.15) is 0 Å². The number of methoxy groups -OCH3 is 1. The molecule has 2 heterocycles. The van der Waals surface area contributed by atoms with Crippen molar-refractivity contribution < 1.29 is 19.4 Å². The molecule has 142 valence electrons. The fourth-order valence-corrected chi connectivity index (χ4v) is 3.01. The smallest absolute Gasteiger partial charge is 0.248 e. The van der Waals surface area contributed by atoms with Gasteiger partial charge in [-0.1, -0.05) is 12.1 Å². The summed E-state index contributed by atoms with van der Waals surface area (Å²) in [6, 6.07) is 6.76. The molecule has 0 radical (unpaired) electrons. The van der Waals surface area contributed by atoms with Gasteiger partial charge in [0.2, 0.25) is 11.8 Å². The van der Waals surface area contributed by atoms with Crippen LogP contribution >= 0.6 is 0 Å². The van der Waals surface area contributed by atoms with E-state index in [2.05, 4.69) is 15.3 Å². The van der Waals surface area contributed by atoms with Crippen LogP contribution in [0.5, 0.6) is 5.75 Å². The molecule has 3 rings (SSSR count). The quantitative estimate of drug-likeness (QED) is 0.763. The number of nitrogens with zero attached hydrogens (tertiary/aromatic N) is 3. The zero-order valence-corrected chi connectivity index (χ0v) is 15.3. The van der Waals surface area contributed by atoms with E-state index in [1.54, 1.807) is 18.2 Å². The molecule has 1 aromatic carbocycles. The van der Waals surface area contributed by atoms with Crippen LogP contribution in [0.3, 0.4) is 0 Å². The molecule has 1 atom stereocenters. The van der Waals surface area contributed by atoms with Crippen molar-refractivity contribution in [2.75, 3.05) is 13.7 Å². The number of benzene rings is 1. The molecule has 0 saturated carbocycles. The lowest BCUT2D eigenvalue weighted by molar-refractivity contribution is -0.137. The lowest BCUT2D eigenvalue weighted by atomic mass is 10.1. The second kappa shape index (κ2) is 8.13. The summed E-state index contributed by atoms with van der Waals surface area (Å²) >= 11 is 0. The van der Waals surface area contributed by atoms with Crippen LogP contribution in [0.2, 0.25) is 0 Å². The number of hydrogen-bond donors (Lipinski definition) is 2. The summed E-state index contributed by atoms with van der Waals surface area (Å²) in [6.45, 7) is 1.57. The van der Waals surface area contributed by atoms with Gasteiger partial charge in [-0.3, -0.25) is 9.59 Å². The zero-order valence-electron chi connectivity index (χ0n) is 15.3. The highest BCUT2D eigenvalue weighted by atomic mass is 16.5. The molecule has 0 bridgehead atoms. The summed E-state index contributed by atoms with van der Waals surface area (Å²) < 4.78 is 5.15. The van der Waals surface area contributed by atoms with Gasteiger partial charge < -0.3 is 20.1 Å². The Balaban J connectivity index is 1.68. The summed E-state index contributed by atoms with van der Waals surface area (Å²) in [4.78, 5) is 34.2. The van der Waals surface area contributed by atoms with E-state index in [0.717, 1.165) is 22.6 Å². The van der Waals surface area contributed by atoms with Crippen LogP contribution in [-0.4, -0.2) is 51.5 Å². The highest BCUT2D eigenvalue weighted by Crippen LogP contribution is 2.22. The molecule has 0 unspecified atom stereocenters. The van der Waals surface area contributed by atoms with Crippen molar-refractivity contribution in [2.24, 2.45) is 0 Å². The van der Waals surface area contributed by atoms with Gasteiger partial charge in [-0.05, 0) is 17.7 Å². The molecule has 1 aliphatic rings. The molecule has 2 N–H and O–H groups in total. The SMILES string of the molecule is COc1ccc(Cc2ncc3c(n2)CN(C(=O)[C@H](CO)NC(C)=O)C3)cc1. The average Bonchev–Trinajstić information content (AvgIpc) is 3.09. The standard InChI is InChI=1S/C19H22N4O4/c1-12(25)21-17(11-24)19(26)23-9-14-8-20-18(22-16(14)10-23)7-13-3-5-15(27-2)6-4-13/h3-6,8,17,24H,7,9-11H2,1-2H3,(H,21,25)/t17-/m0/s1. The third kappa shape index (κ3) is 4.40. The van der Waals surface area contributed by atoms with E-state index in [1.165, 1.54) is 6.92 Å². The highest BCUT2D eigenvalue weighted by Gasteiger charge is 2.30. The Morgan fingerprint density at radius 2 is 2.04 bits per heavy atom. The number of amides is 2. The van der Waals surface area contributed by atoms with E-state index in [-0.39, 0.29) is 11.8 Å². The Labute approximate surface area is 157 Å². The Hall–Kier alpha value is -3.00. The normalized spacial score (nSPS) is 13.8. The van der Waals surface area contributed by atoms with Crippen molar-refractivity contribution in [1.29, 1.82) is 0 Å². The predicted molar refractivity (Wildman–Crippen MR) is 96.8 cm³/mol. The van der Waals surface area contributed by atoms with Gasteiger partial charge in [0.1, 0.15) is 17.6 Å². The van der Waals surface area contributed by atoms with Crippen LogP contribution in [0.4, 0.5) is 0 Å². The number of carbonyl (C=O) groups excluding carboxylic acids is 2. The molecule has 1 aromatic heterocycles. The molecule has 27 heavy (non-hydrogen) atoms. The minimum absolute atomic E-state index is 0.331. The first-order chi connectivity index (χ1) is 13.0. The minimum atomic E-state index is -0.941. The number of ether oxygens (including phenoxy) is 1. The lowest BCUT2D eigenvalue weighted by Gasteiger charge is -2.21. The molecule has 2 aromatic rings. The first kappa shape index (κ1) is 18.8. The Morgan fingerprint density at radius 1 is 1.30 bits per heavy atom. The van der Waals surface area contributed by atoms with Crippen LogP contribution in [0.15, 0.2) is 30.5 Å². The van der Waals surface area contributed by atoms with Crippen molar-refractivity contribution in [3.63, 3.8) is 0 Å². The topological polar surface area (TPSA) is 105 Å².